The van der Waals surface area contributed by atoms with Crippen molar-refractivity contribution in [2.75, 3.05) is 19.7 Å². The Morgan fingerprint density at radius 1 is 1.30 bits per heavy atom. The van der Waals surface area contributed by atoms with Crippen molar-refractivity contribution in [2.24, 2.45) is 0 Å². The van der Waals surface area contributed by atoms with E-state index in [-0.39, 0.29) is 19.1 Å². The van der Waals surface area contributed by atoms with Crippen LogP contribution in [0.5, 0.6) is 0 Å². The molecule has 20 heavy (non-hydrogen) atoms. The molecule has 1 N–H and O–H groups in total. The number of carbonyl (C=O) groups excluding carboxylic acids is 1. The number of carboxylic acid groups (broad SMARTS) is 1. The standard InChI is InChI=1S/C15H19NO4/c1-10(2)11-3-5-12(6-4-11)14(17)16-7-8-20-13(9-16)15(18)19/h3-6,10,13H,7-9H2,1-2H3,(H,18,19)/t13-/m0/s1. The molecule has 1 heterocycles. The van der Waals surface area contributed by atoms with Gasteiger partial charge in [-0.2, -0.15) is 0 Å². The van der Waals surface area contributed by atoms with E-state index < -0.39 is 12.1 Å². The van der Waals surface area contributed by atoms with Crippen molar-refractivity contribution in [3.05, 3.63) is 35.4 Å². The lowest BCUT2D eigenvalue weighted by Gasteiger charge is -2.31. The van der Waals surface area contributed by atoms with Crippen molar-refractivity contribution >= 4 is 11.9 Å². The van der Waals surface area contributed by atoms with Crippen LogP contribution in [-0.2, 0) is 9.53 Å². The molecule has 1 amide bonds. The van der Waals surface area contributed by atoms with Crippen LogP contribution in [-0.4, -0.2) is 47.7 Å². The molecule has 1 atom stereocenters. The molecule has 0 bridgehead atoms. The number of hydrogen-bond donors (Lipinski definition) is 1. The fourth-order valence-corrected chi connectivity index (χ4v) is 2.18. The molecule has 1 saturated heterocycles. The summed E-state index contributed by atoms with van der Waals surface area (Å²) < 4.78 is 5.11. The van der Waals surface area contributed by atoms with E-state index in [0.29, 0.717) is 18.0 Å². The summed E-state index contributed by atoms with van der Waals surface area (Å²) in [4.78, 5) is 24.8. The summed E-state index contributed by atoms with van der Waals surface area (Å²) in [5, 5.41) is 8.94. The summed E-state index contributed by atoms with van der Waals surface area (Å²) in [6.07, 6.45) is -0.928. The van der Waals surface area contributed by atoms with Crippen LogP contribution in [0.3, 0.4) is 0 Å². The maximum absolute atomic E-state index is 12.3. The molecule has 0 radical (unpaired) electrons. The highest BCUT2D eigenvalue weighted by Gasteiger charge is 2.29. The number of morpholine rings is 1. The minimum Gasteiger partial charge on any atom is -0.479 e. The molecule has 2 rings (SSSR count). The summed E-state index contributed by atoms with van der Waals surface area (Å²) in [6.45, 7) is 4.97. The Balaban J connectivity index is 2.08. The number of nitrogens with zero attached hydrogens (tertiary/aromatic N) is 1. The third kappa shape index (κ3) is 3.17. The monoisotopic (exact) mass is 277 g/mol. The summed E-state index contributed by atoms with van der Waals surface area (Å²) >= 11 is 0. The lowest BCUT2D eigenvalue weighted by atomic mass is 10.0. The smallest absolute Gasteiger partial charge is 0.334 e. The van der Waals surface area contributed by atoms with Gasteiger partial charge in [0.15, 0.2) is 6.10 Å². The Morgan fingerprint density at radius 3 is 2.50 bits per heavy atom. The van der Waals surface area contributed by atoms with E-state index in [1.165, 1.54) is 10.5 Å². The Labute approximate surface area is 118 Å². The first-order valence-corrected chi connectivity index (χ1v) is 6.72. The molecule has 0 aromatic heterocycles. The van der Waals surface area contributed by atoms with Crippen LogP contribution >= 0.6 is 0 Å². The molecule has 0 spiro atoms. The van der Waals surface area contributed by atoms with Gasteiger partial charge in [0.2, 0.25) is 0 Å². The molecule has 108 valence electrons. The second-order valence-corrected chi connectivity index (χ2v) is 5.23. The van der Waals surface area contributed by atoms with Crippen LogP contribution in [0.1, 0.15) is 35.7 Å². The van der Waals surface area contributed by atoms with Crippen LogP contribution < -0.4 is 0 Å². The lowest BCUT2D eigenvalue weighted by Crippen LogP contribution is -2.48. The minimum atomic E-state index is -1.03. The minimum absolute atomic E-state index is 0.0973. The molecule has 0 aliphatic carbocycles. The fourth-order valence-electron chi connectivity index (χ4n) is 2.18. The van der Waals surface area contributed by atoms with Crippen LogP contribution in [0.4, 0.5) is 0 Å². The molecule has 1 aromatic carbocycles. The van der Waals surface area contributed by atoms with Crippen molar-refractivity contribution < 1.29 is 19.4 Å². The number of hydrogen-bond acceptors (Lipinski definition) is 3. The average Bonchev–Trinajstić information content (AvgIpc) is 2.46. The summed E-state index contributed by atoms with van der Waals surface area (Å²) in [7, 11) is 0. The summed E-state index contributed by atoms with van der Waals surface area (Å²) in [6, 6.07) is 7.46. The summed E-state index contributed by atoms with van der Waals surface area (Å²) in [5.41, 5.74) is 1.76. The zero-order valence-corrected chi connectivity index (χ0v) is 11.7. The molecule has 5 nitrogen and oxygen atoms in total. The van der Waals surface area contributed by atoms with Gasteiger partial charge in [0.1, 0.15) is 0 Å². The van der Waals surface area contributed by atoms with E-state index in [2.05, 4.69) is 13.8 Å². The van der Waals surface area contributed by atoms with Crippen molar-refractivity contribution in [3.8, 4) is 0 Å². The Kier molecular flexibility index (Phi) is 4.39. The van der Waals surface area contributed by atoms with Crippen LogP contribution in [0.2, 0.25) is 0 Å². The first kappa shape index (κ1) is 14.5. The van der Waals surface area contributed by atoms with Crippen molar-refractivity contribution in [2.45, 2.75) is 25.9 Å². The predicted octanol–water partition coefficient (Wildman–Crippen LogP) is 1.74. The van der Waals surface area contributed by atoms with Gasteiger partial charge >= 0.3 is 5.97 Å². The Bertz CT molecular complexity index is 495. The largest absolute Gasteiger partial charge is 0.479 e. The SMILES string of the molecule is CC(C)c1ccc(C(=O)N2CCO[C@H](C(=O)O)C2)cc1. The van der Waals surface area contributed by atoms with Gasteiger partial charge in [0, 0.05) is 12.1 Å². The molecule has 1 fully saturated rings. The van der Waals surface area contributed by atoms with Crippen molar-refractivity contribution in [1.82, 2.24) is 4.90 Å². The van der Waals surface area contributed by atoms with E-state index in [1.807, 2.05) is 12.1 Å². The topological polar surface area (TPSA) is 66.8 Å². The zero-order chi connectivity index (χ0) is 14.7. The molecule has 1 aliphatic rings. The van der Waals surface area contributed by atoms with Gasteiger partial charge < -0.3 is 14.7 Å². The summed E-state index contributed by atoms with van der Waals surface area (Å²) in [5.74, 6) is -0.758. The van der Waals surface area contributed by atoms with Gasteiger partial charge in [-0.05, 0) is 23.6 Å². The number of benzene rings is 1. The van der Waals surface area contributed by atoms with E-state index >= 15 is 0 Å². The Morgan fingerprint density at radius 2 is 1.95 bits per heavy atom. The van der Waals surface area contributed by atoms with Gasteiger partial charge in [0.05, 0.1) is 13.2 Å². The van der Waals surface area contributed by atoms with Gasteiger partial charge in [-0.1, -0.05) is 26.0 Å². The lowest BCUT2D eigenvalue weighted by molar-refractivity contribution is -0.154. The fraction of sp³-hybridized carbons (Fsp3) is 0.467. The molecule has 5 heteroatoms. The van der Waals surface area contributed by atoms with Crippen molar-refractivity contribution in [1.29, 1.82) is 0 Å². The maximum Gasteiger partial charge on any atom is 0.334 e. The van der Waals surface area contributed by atoms with E-state index in [1.54, 1.807) is 12.1 Å². The van der Waals surface area contributed by atoms with Crippen molar-refractivity contribution in [3.63, 3.8) is 0 Å². The maximum atomic E-state index is 12.3. The first-order chi connectivity index (χ1) is 9.49. The molecule has 0 unspecified atom stereocenters. The average molecular weight is 277 g/mol. The van der Waals surface area contributed by atoms with Gasteiger partial charge in [-0.15, -0.1) is 0 Å². The van der Waals surface area contributed by atoms with Gasteiger partial charge in [0.25, 0.3) is 5.91 Å². The van der Waals surface area contributed by atoms with Crippen LogP contribution in [0.15, 0.2) is 24.3 Å². The van der Waals surface area contributed by atoms with E-state index in [9.17, 15) is 9.59 Å². The third-order valence-corrected chi connectivity index (χ3v) is 3.45. The number of carbonyl (C=O) groups is 2. The number of carboxylic acids is 1. The number of rotatable bonds is 3. The first-order valence-electron chi connectivity index (χ1n) is 6.72. The second-order valence-electron chi connectivity index (χ2n) is 5.23. The zero-order valence-electron chi connectivity index (χ0n) is 11.7. The molecular weight excluding hydrogens is 258 g/mol. The van der Waals surface area contributed by atoms with E-state index in [0.717, 1.165) is 0 Å². The quantitative estimate of drug-likeness (QED) is 0.913. The normalized spacial score (nSPS) is 19.1. The predicted molar refractivity (Wildman–Crippen MR) is 73.8 cm³/mol. The second kappa shape index (κ2) is 6.05. The molecule has 1 aromatic rings. The molecule has 1 aliphatic heterocycles. The number of ether oxygens (including phenoxy) is 1. The van der Waals surface area contributed by atoms with E-state index in [4.69, 9.17) is 9.84 Å². The highest BCUT2D eigenvalue weighted by molar-refractivity contribution is 5.94. The van der Waals surface area contributed by atoms with Crippen LogP contribution in [0.25, 0.3) is 0 Å². The molecular formula is C15H19NO4. The highest BCUT2D eigenvalue weighted by Crippen LogP contribution is 2.16. The highest BCUT2D eigenvalue weighted by atomic mass is 16.5. The van der Waals surface area contributed by atoms with Crippen LogP contribution in [0, 0.1) is 0 Å². The Hall–Kier alpha value is -1.88. The molecule has 0 saturated carbocycles. The van der Waals surface area contributed by atoms with Gasteiger partial charge in [-0.25, -0.2) is 4.79 Å². The third-order valence-electron chi connectivity index (χ3n) is 3.45. The van der Waals surface area contributed by atoms with Gasteiger partial charge in [-0.3, -0.25) is 4.79 Å². The number of amides is 1. The number of aliphatic carboxylic acids is 1.